The lowest BCUT2D eigenvalue weighted by Gasteiger charge is -2.21. The molecule has 3 rings (SSSR count). The van der Waals surface area contributed by atoms with Crippen LogP contribution in [0.5, 0.6) is 0 Å². The number of hydrogen-bond donors (Lipinski definition) is 3. The Morgan fingerprint density at radius 3 is 2.22 bits per heavy atom. The number of carboxylic acids is 1. The highest BCUT2D eigenvalue weighted by molar-refractivity contribution is 5.94. The summed E-state index contributed by atoms with van der Waals surface area (Å²) in [6, 6.07) is 13.4. The van der Waals surface area contributed by atoms with Crippen molar-refractivity contribution in [2.75, 3.05) is 11.9 Å². The van der Waals surface area contributed by atoms with Gasteiger partial charge in [-0.15, -0.1) is 0 Å². The van der Waals surface area contributed by atoms with Crippen LogP contribution in [0.1, 0.15) is 60.0 Å². The van der Waals surface area contributed by atoms with E-state index in [1.54, 1.807) is 24.3 Å². The molecule has 0 radical (unpaired) electrons. The molecule has 0 aliphatic carbocycles. The van der Waals surface area contributed by atoms with Crippen LogP contribution < -0.4 is 10.6 Å². The minimum Gasteiger partial charge on any atom is -0.481 e. The maximum Gasteiger partial charge on any atom is 0.416 e. The molecule has 6 nitrogen and oxygen atoms in total. The number of carboxylic acid groups (broad SMARTS) is 1. The summed E-state index contributed by atoms with van der Waals surface area (Å²) in [6.45, 7) is 6.05. The molecule has 2 aromatic carbocycles. The number of carbonyl (C=O) groups excluding carboxylic acids is 1. The first-order valence-electron chi connectivity index (χ1n) is 11.6. The number of amides is 1. The van der Waals surface area contributed by atoms with Crippen LogP contribution in [0.3, 0.4) is 0 Å². The molecular weight excluding hydrogens is 473 g/mol. The fourth-order valence-electron chi connectivity index (χ4n) is 3.85. The van der Waals surface area contributed by atoms with Crippen molar-refractivity contribution in [2.45, 2.75) is 45.8 Å². The Labute approximate surface area is 207 Å². The summed E-state index contributed by atoms with van der Waals surface area (Å²) < 4.78 is 44.6. The number of carbonyl (C=O) groups is 2. The lowest BCUT2D eigenvalue weighted by atomic mass is 9.96. The van der Waals surface area contributed by atoms with Gasteiger partial charge in [0.05, 0.1) is 18.0 Å². The number of hydrogen-bond acceptors (Lipinski definition) is 4. The molecule has 0 saturated heterocycles. The first kappa shape index (κ1) is 26.8. The van der Waals surface area contributed by atoms with Crippen LogP contribution in [0.25, 0.3) is 11.3 Å². The van der Waals surface area contributed by atoms with E-state index < -0.39 is 17.7 Å². The van der Waals surface area contributed by atoms with E-state index in [1.807, 2.05) is 13.0 Å². The minimum atomic E-state index is -4.40. The topological polar surface area (TPSA) is 91.6 Å². The third-order valence-corrected chi connectivity index (χ3v) is 5.65. The highest BCUT2D eigenvalue weighted by atomic mass is 19.4. The van der Waals surface area contributed by atoms with Gasteiger partial charge in [0.1, 0.15) is 11.5 Å². The Kier molecular flexibility index (Phi) is 8.45. The number of aliphatic carboxylic acids is 1. The van der Waals surface area contributed by atoms with Gasteiger partial charge >= 0.3 is 12.1 Å². The number of anilines is 1. The second kappa shape index (κ2) is 11.3. The molecule has 1 heterocycles. The first-order chi connectivity index (χ1) is 16.9. The van der Waals surface area contributed by atoms with Crippen molar-refractivity contribution < 1.29 is 32.3 Å². The first-order valence-corrected chi connectivity index (χ1v) is 11.6. The molecule has 1 amide bonds. The van der Waals surface area contributed by atoms with E-state index in [-0.39, 0.29) is 24.9 Å². The van der Waals surface area contributed by atoms with Gasteiger partial charge in [0.15, 0.2) is 0 Å². The second-order valence-corrected chi connectivity index (χ2v) is 9.00. The number of benzene rings is 2. The van der Waals surface area contributed by atoms with Crippen molar-refractivity contribution in [3.63, 3.8) is 0 Å². The number of nitrogens with one attached hydrogen (secondary N) is 2. The lowest BCUT2D eigenvalue weighted by Crippen LogP contribution is -2.25. The van der Waals surface area contributed by atoms with Crippen molar-refractivity contribution in [1.82, 2.24) is 5.32 Å². The van der Waals surface area contributed by atoms with Crippen molar-refractivity contribution >= 4 is 17.6 Å². The maximum absolute atomic E-state index is 12.9. The summed E-state index contributed by atoms with van der Waals surface area (Å²) in [7, 11) is 0. The van der Waals surface area contributed by atoms with Crippen molar-refractivity contribution in [3.05, 3.63) is 77.0 Å². The molecular formula is C27H29F3N2O4. The molecule has 1 unspecified atom stereocenters. The largest absolute Gasteiger partial charge is 0.481 e. The zero-order valence-corrected chi connectivity index (χ0v) is 20.3. The van der Waals surface area contributed by atoms with E-state index in [0.29, 0.717) is 28.6 Å². The van der Waals surface area contributed by atoms with Gasteiger partial charge in [0, 0.05) is 28.9 Å². The zero-order valence-electron chi connectivity index (χ0n) is 20.3. The van der Waals surface area contributed by atoms with Crippen LogP contribution >= 0.6 is 0 Å². The molecule has 1 atom stereocenters. The van der Waals surface area contributed by atoms with Gasteiger partial charge in [-0.25, -0.2) is 0 Å². The Bertz CT molecular complexity index is 1180. The van der Waals surface area contributed by atoms with Crippen LogP contribution in [0.4, 0.5) is 18.9 Å². The average molecular weight is 503 g/mol. The quantitative estimate of drug-likeness (QED) is 0.288. The summed E-state index contributed by atoms with van der Waals surface area (Å²) >= 11 is 0. The van der Waals surface area contributed by atoms with E-state index in [9.17, 15) is 22.8 Å². The molecule has 36 heavy (non-hydrogen) atoms. The summed E-state index contributed by atoms with van der Waals surface area (Å²) in [5.74, 6) is 0.152. The number of alkyl halides is 3. The molecule has 9 heteroatoms. The highest BCUT2D eigenvalue weighted by Gasteiger charge is 2.30. The van der Waals surface area contributed by atoms with Crippen LogP contribution in [0.2, 0.25) is 0 Å². The van der Waals surface area contributed by atoms with Gasteiger partial charge in [-0.05, 0) is 61.7 Å². The summed E-state index contributed by atoms with van der Waals surface area (Å²) in [4.78, 5) is 22.8. The fraction of sp³-hybridized carbons (Fsp3) is 0.333. The van der Waals surface area contributed by atoms with Crippen LogP contribution in [0.15, 0.2) is 59.0 Å². The van der Waals surface area contributed by atoms with E-state index >= 15 is 0 Å². The van der Waals surface area contributed by atoms with E-state index in [4.69, 9.17) is 9.52 Å². The summed E-state index contributed by atoms with van der Waals surface area (Å²) in [5.41, 5.74) is 1.93. The Balaban J connectivity index is 1.77. The summed E-state index contributed by atoms with van der Waals surface area (Å²) in [6.07, 6.45) is -3.78. The van der Waals surface area contributed by atoms with Gasteiger partial charge in [0.25, 0.3) is 5.91 Å². The maximum atomic E-state index is 12.9. The number of furan rings is 1. The van der Waals surface area contributed by atoms with Gasteiger partial charge in [-0.2, -0.15) is 13.2 Å². The van der Waals surface area contributed by atoms with E-state index in [2.05, 4.69) is 24.5 Å². The highest BCUT2D eigenvalue weighted by Crippen LogP contribution is 2.35. The van der Waals surface area contributed by atoms with Gasteiger partial charge < -0.3 is 20.2 Å². The number of rotatable bonds is 10. The number of halogens is 3. The Hall–Kier alpha value is -3.75. The Morgan fingerprint density at radius 1 is 1.03 bits per heavy atom. The standard InChI is InChI=1S/C27H29F3N2O4/c1-16(2)14-23(32-21-10-6-19(7-11-21)26(35)31-13-12-25(33)34)22-15-24(36-17(22)3)18-4-8-20(9-5-18)27(28,29)30/h4-11,15-16,23,32H,12-14H2,1-3H3,(H,31,35)(H,33,34). The number of aryl methyl sites for hydroxylation is 1. The fourth-order valence-corrected chi connectivity index (χ4v) is 3.85. The molecule has 0 fully saturated rings. The lowest BCUT2D eigenvalue weighted by molar-refractivity contribution is -0.138. The third-order valence-electron chi connectivity index (χ3n) is 5.65. The van der Waals surface area contributed by atoms with Gasteiger partial charge in [0.2, 0.25) is 0 Å². The second-order valence-electron chi connectivity index (χ2n) is 9.00. The van der Waals surface area contributed by atoms with Crippen LogP contribution in [-0.2, 0) is 11.0 Å². The van der Waals surface area contributed by atoms with Gasteiger partial charge in [-0.1, -0.05) is 26.0 Å². The zero-order chi connectivity index (χ0) is 26.5. The molecule has 0 spiro atoms. The van der Waals surface area contributed by atoms with Crippen molar-refractivity contribution in [3.8, 4) is 11.3 Å². The third kappa shape index (κ3) is 7.13. The molecule has 0 aliphatic heterocycles. The van der Waals surface area contributed by atoms with Crippen molar-refractivity contribution in [1.29, 1.82) is 0 Å². The molecule has 0 bridgehead atoms. The van der Waals surface area contributed by atoms with E-state index in [0.717, 1.165) is 29.8 Å². The predicted octanol–water partition coefficient (Wildman–Crippen LogP) is 6.68. The average Bonchev–Trinajstić information content (AvgIpc) is 3.19. The minimum absolute atomic E-state index is 0.0473. The molecule has 3 aromatic rings. The van der Waals surface area contributed by atoms with Crippen LogP contribution in [-0.4, -0.2) is 23.5 Å². The molecule has 0 saturated carbocycles. The SMILES string of the molecule is Cc1oc(-c2ccc(C(F)(F)F)cc2)cc1C(CC(C)C)Nc1ccc(C(=O)NCCC(=O)O)cc1. The van der Waals surface area contributed by atoms with E-state index in [1.165, 1.54) is 12.1 Å². The molecule has 192 valence electrons. The van der Waals surface area contributed by atoms with Crippen LogP contribution in [0, 0.1) is 12.8 Å². The smallest absolute Gasteiger partial charge is 0.416 e. The van der Waals surface area contributed by atoms with Gasteiger partial charge in [-0.3, -0.25) is 9.59 Å². The van der Waals surface area contributed by atoms with Crippen molar-refractivity contribution in [2.24, 2.45) is 5.92 Å². The molecule has 3 N–H and O–H groups in total. The summed E-state index contributed by atoms with van der Waals surface area (Å²) in [5, 5.41) is 14.7. The normalized spacial score (nSPS) is 12.4. The monoisotopic (exact) mass is 502 g/mol. The molecule has 1 aromatic heterocycles. The Morgan fingerprint density at radius 2 is 1.67 bits per heavy atom. The predicted molar refractivity (Wildman–Crippen MR) is 131 cm³/mol. The molecule has 0 aliphatic rings.